The zero-order chi connectivity index (χ0) is 20.1. The number of ether oxygens (including phenoxy) is 1. The lowest BCUT2D eigenvalue weighted by molar-refractivity contribution is -0.142. The van der Waals surface area contributed by atoms with Gasteiger partial charge in [-0.05, 0) is 53.2 Å². The topological polar surface area (TPSA) is 52.3 Å². The second-order valence-electron chi connectivity index (χ2n) is 9.71. The van der Waals surface area contributed by atoms with E-state index >= 15 is 0 Å². The summed E-state index contributed by atoms with van der Waals surface area (Å²) >= 11 is 0. The van der Waals surface area contributed by atoms with E-state index < -0.39 is 0 Å². The van der Waals surface area contributed by atoms with Crippen LogP contribution in [0.4, 0.5) is 0 Å². The molecule has 2 aromatic rings. The highest BCUT2D eigenvalue weighted by atomic mass is 16.5. The molecule has 0 saturated carbocycles. The van der Waals surface area contributed by atoms with Crippen LogP contribution < -0.4 is 0 Å². The molecule has 4 heteroatoms. The van der Waals surface area contributed by atoms with E-state index in [9.17, 15) is 4.79 Å². The Balaban J connectivity index is 1.71. The predicted molar refractivity (Wildman–Crippen MR) is 108 cm³/mol. The van der Waals surface area contributed by atoms with Crippen LogP contribution >= 0.6 is 0 Å². The monoisotopic (exact) mass is 381 g/mol. The normalized spacial score (nSPS) is 22.2. The molecule has 0 spiro atoms. The van der Waals surface area contributed by atoms with E-state index in [0.717, 1.165) is 30.7 Å². The van der Waals surface area contributed by atoms with Crippen LogP contribution in [-0.2, 0) is 33.4 Å². The van der Waals surface area contributed by atoms with Gasteiger partial charge in [0.25, 0.3) is 0 Å². The number of benzene rings is 1. The second-order valence-corrected chi connectivity index (χ2v) is 9.71. The summed E-state index contributed by atoms with van der Waals surface area (Å²) in [7, 11) is 0. The fourth-order valence-electron chi connectivity index (χ4n) is 4.84. The molecule has 0 radical (unpaired) electrons. The van der Waals surface area contributed by atoms with Crippen LogP contribution in [0.2, 0.25) is 0 Å². The largest absolute Gasteiger partial charge is 0.456 e. The average molecular weight is 382 g/mol. The Morgan fingerprint density at radius 1 is 1.18 bits per heavy atom. The Morgan fingerprint density at radius 3 is 2.61 bits per heavy atom. The van der Waals surface area contributed by atoms with Crippen LogP contribution in [0.15, 0.2) is 22.6 Å². The van der Waals surface area contributed by atoms with Crippen molar-refractivity contribution in [2.75, 3.05) is 0 Å². The summed E-state index contributed by atoms with van der Waals surface area (Å²) in [5.74, 6) is 1.40. The van der Waals surface area contributed by atoms with Gasteiger partial charge in [-0.2, -0.15) is 0 Å². The van der Waals surface area contributed by atoms with Gasteiger partial charge in [-0.3, -0.25) is 4.79 Å². The molecule has 0 saturated heterocycles. The Hall–Kier alpha value is -2.10. The van der Waals surface area contributed by atoms with Gasteiger partial charge in [0.15, 0.2) is 6.61 Å². The van der Waals surface area contributed by atoms with Crippen molar-refractivity contribution in [1.29, 1.82) is 0 Å². The van der Waals surface area contributed by atoms with Crippen molar-refractivity contribution in [2.45, 2.75) is 90.1 Å². The van der Waals surface area contributed by atoms with E-state index in [0.29, 0.717) is 5.89 Å². The number of hydrogen-bond donors (Lipinski definition) is 0. The molecule has 0 bridgehead atoms. The maximum atomic E-state index is 11.1. The van der Waals surface area contributed by atoms with E-state index in [1.54, 1.807) is 0 Å². The number of rotatable bonds is 3. The van der Waals surface area contributed by atoms with Gasteiger partial charge in [-0.25, -0.2) is 4.98 Å². The van der Waals surface area contributed by atoms with Gasteiger partial charge >= 0.3 is 5.97 Å². The SMILES string of the molecule is CC(=O)OCc1nc2c(o1)CCCC2c1ccc2c(c1)C(C)(C)CCC2(C)C. The minimum Gasteiger partial charge on any atom is -0.456 e. The number of nitrogens with zero attached hydrogens (tertiary/aromatic N) is 1. The van der Waals surface area contributed by atoms with Gasteiger partial charge in [0.1, 0.15) is 5.76 Å². The quantitative estimate of drug-likeness (QED) is 0.654. The van der Waals surface area contributed by atoms with Gasteiger partial charge in [-0.15, -0.1) is 0 Å². The smallest absolute Gasteiger partial charge is 0.303 e. The van der Waals surface area contributed by atoms with E-state index in [1.807, 2.05) is 0 Å². The molecule has 28 heavy (non-hydrogen) atoms. The molecule has 1 aromatic carbocycles. The lowest BCUT2D eigenvalue weighted by Gasteiger charge is -2.42. The molecule has 0 aliphatic heterocycles. The maximum absolute atomic E-state index is 11.1. The standard InChI is InChI=1S/C24H31NO3/c1-15(26)27-14-21-25-22-17(7-6-8-20(22)28-21)16-9-10-18-19(13-16)24(4,5)12-11-23(18,2)3/h9-10,13,17H,6-8,11-12,14H2,1-5H3. The number of esters is 1. The van der Waals surface area contributed by atoms with Crippen molar-refractivity contribution in [3.63, 3.8) is 0 Å². The molecule has 2 aliphatic carbocycles. The minimum absolute atomic E-state index is 0.112. The number of hydrogen-bond acceptors (Lipinski definition) is 4. The summed E-state index contributed by atoms with van der Waals surface area (Å²) in [6.07, 6.45) is 5.51. The zero-order valence-electron chi connectivity index (χ0n) is 17.7. The molecule has 2 aliphatic rings. The highest BCUT2D eigenvalue weighted by molar-refractivity contribution is 5.65. The Morgan fingerprint density at radius 2 is 1.89 bits per heavy atom. The van der Waals surface area contributed by atoms with Gasteiger partial charge in [0, 0.05) is 19.3 Å². The van der Waals surface area contributed by atoms with Crippen LogP contribution in [0.3, 0.4) is 0 Å². The summed E-state index contributed by atoms with van der Waals surface area (Å²) < 4.78 is 11.0. The molecule has 0 amide bonds. The average Bonchev–Trinajstić information content (AvgIpc) is 3.07. The van der Waals surface area contributed by atoms with Crippen LogP contribution in [0.1, 0.15) is 100 Å². The Kier molecular flexibility index (Phi) is 4.64. The molecular weight excluding hydrogens is 350 g/mol. The lowest BCUT2D eigenvalue weighted by Crippen LogP contribution is -2.34. The summed E-state index contributed by atoms with van der Waals surface area (Å²) in [4.78, 5) is 15.8. The first-order valence-corrected chi connectivity index (χ1v) is 10.4. The Labute approximate surface area is 167 Å². The summed E-state index contributed by atoms with van der Waals surface area (Å²) in [6.45, 7) is 11.0. The third-order valence-electron chi connectivity index (χ3n) is 6.68. The van der Waals surface area contributed by atoms with Crippen LogP contribution in [0, 0.1) is 0 Å². The molecule has 1 atom stereocenters. The van der Waals surface area contributed by atoms with Gasteiger partial charge < -0.3 is 9.15 Å². The summed E-state index contributed by atoms with van der Waals surface area (Å²) in [5.41, 5.74) is 5.75. The van der Waals surface area contributed by atoms with E-state index in [2.05, 4.69) is 45.9 Å². The predicted octanol–water partition coefficient (Wildman–Crippen LogP) is 5.55. The molecule has 0 fully saturated rings. The zero-order valence-corrected chi connectivity index (χ0v) is 17.7. The van der Waals surface area contributed by atoms with Crippen molar-refractivity contribution in [3.8, 4) is 0 Å². The summed E-state index contributed by atoms with van der Waals surface area (Å²) in [5, 5.41) is 0. The molecule has 4 nitrogen and oxygen atoms in total. The van der Waals surface area contributed by atoms with Crippen molar-refractivity contribution in [2.24, 2.45) is 0 Å². The fourth-order valence-corrected chi connectivity index (χ4v) is 4.84. The van der Waals surface area contributed by atoms with E-state index in [-0.39, 0.29) is 29.3 Å². The molecule has 1 heterocycles. The first-order chi connectivity index (χ1) is 13.2. The minimum atomic E-state index is -0.313. The molecule has 4 rings (SSSR count). The Bertz CT molecular complexity index is 907. The number of oxazole rings is 1. The highest BCUT2D eigenvalue weighted by Gasteiger charge is 2.38. The van der Waals surface area contributed by atoms with Crippen molar-refractivity contribution in [1.82, 2.24) is 4.98 Å². The first-order valence-electron chi connectivity index (χ1n) is 10.4. The number of carbonyl (C=O) groups is 1. The number of fused-ring (bicyclic) bond motifs is 2. The maximum Gasteiger partial charge on any atom is 0.303 e. The number of aryl methyl sites for hydroxylation is 1. The molecule has 150 valence electrons. The number of aromatic nitrogens is 1. The van der Waals surface area contributed by atoms with Crippen molar-refractivity contribution < 1.29 is 13.9 Å². The number of carbonyl (C=O) groups excluding carboxylic acids is 1. The lowest BCUT2D eigenvalue weighted by atomic mass is 9.62. The van der Waals surface area contributed by atoms with Gasteiger partial charge in [0.2, 0.25) is 5.89 Å². The van der Waals surface area contributed by atoms with Crippen molar-refractivity contribution in [3.05, 3.63) is 52.2 Å². The van der Waals surface area contributed by atoms with Crippen LogP contribution in [-0.4, -0.2) is 11.0 Å². The summed E-state index contributed by atoms with van der Waals surface area (Å²) in [6, 6.07) is 7.07. The molecule has 1 unspecified atom stereocenters. The first kappa shape index (κ1) is 19.2. The molecule has 0 N–H and O–H groups in total. The van der Waals surface area contributed by atoms with Crippen LogP contribution in [0.5, 0.6) is 0 Å². The fraction of sp³-hybridized carbons (Fsp3) is 0.583. The van der Waals surface area contributed by atoms with E-state index in [1.165, 1.54) is 36.5 Å². The van der Waals surface area contributed by atoms with Crippen LogP contribution in [0.25, 0.3) is 0 Å². The van der Waals surface area contributed by atoms with Gasteiger partial charge in [-0.1, -0.05) is 45.9 Å². The third kappa shape index (κ3) is 3.38. The third-order valence-corrected chi connectivity index (χ3v) is 6.68. The van der Waals surface area contributed by atoms with Gasteiger partial charge in [0.05, 0.1) is 5.69 Å². The van der Waals surface area contributed by atoms with Crippen molar-refractivity contribution >= 4 is 5.97 Å². The second kappa shape index (κ2) is 6.75. The highest BCUT2D eigenvalue weighted by Crippen LogP contribution is 2.47. The molecular formula is C24H31NO3. The molecule has 1 aromatic heterocycles. The van der Waals surface area contributed by atoms with E-state index in [4.69, 9.17) is 14.1 Å².